The zero-order chi connectivity index (χ0) is 14.1. The minimum atomic E-state index is -0.328. The monoisotopic (exact) mass is 293 g/mol. The molecule has 1 aromatic rings. The SMILES string of the molecule is COC(=O)c1c(NC(=O)C2CCCC2)sc2c1CCC2. The molecule has 1 aromatic heterocycles. The molecule has 1 N–H and O–H groups in total. The maximum Gasteiger partial charge on any atom is 0.341 e. The van der Waals surface area contributed by atoms with Crippen LogP contribution in [0.3, 0.4) is 0 Å². The third-order valence-electron chi connectivity index (χ3n) is 4.27. The van der Waals surface area contributed by atoms with Crippen LogP contribution in [0.15, 0.2) is 0 Å². The highest BCUT2D eigenvalue weighted by atomic mass is 32.1. The van der Waals surface area contributed by atoms with Crippen molar-refractivity contribution in [1.82, 2.24) is 0 Å². The number of hydrogen-bond acceptors (Lipinski definition) is 4. The van der Waals surface area contributed by atoms with Gasteiger partial charge < -0.3 is 10.1 Å². The smallest absolute Gasteiger partial charge is 0.341 e. The highest BCUT2D eigenvalue weighted by Crippen LogP contribution is 2.40. The van der Waals surface area contributed by atoms with Crippen molar-refractivity contribution < 1.29 is 14.3 Å². The van der Waals surface area contributed by atoms with Crippen LogP contribution in [0.2, 0.25) is 0 Å². The van der Waals surface area contributed by atoms with Crippen LogP contribution in [-0.2, 0) is 22.4 Å². The molecule has 1 saturated carbocycles. The summed E-state index contributed by atoms with van der Waals surface area (Å²) in [5.41, 5.74) is 1.68. The summed E-state index contributed by atoms with van der Waals surface area (Å²) in [6, 6.07) is 0. The standard InChI is InChI=1S/C15H19NO3S/c1-19-15(18)12-10-7-4-8-11(10)20-14(12)16-13(17)9-5-2-3-6-9/h9H,2-8H2,1H3,(H,16,17). The van der Waals surface area contributed by atoms with Crippen molar-refractivity contribution in [2.45, 2.75) is 44.9 Å². The second kappa shape index (κ2) is 5.56. The van der Waals surface area contributed by atoms with Crippen LogP contribution in [-0.4, -0.2) is 19.0 Å². The van der Waals surface area contributed by atoms with Crippen LogP contribution in [0, 0.1) is 5.92 Å². The predicted octanol–water partition coefficient (Wildman–Crippen LogP) is 3.15. The third kappa shape index (κ3) is 2.35. The molecule has 0 spiro atoms. The van der Waals surface area contributed by atoms with Crippen molar-refractivity contribution in [3.8, 4) is 0 Å². The molecule has 5 heteroatoms. The summed E-state index contributed by atoms with van der Waals surface area (Å²) < 4.78 is 4.88. The van der Waals surface area contributed by atoms with Crippen molar-refractivity contribution in [1.29, 1.82) is 0 Å². The second-order valence-electron chi connectivity index (χ2n) is 5.52. The van der Waals surface area contributed by atoms with E-state index in [1.807, 2.05) is 0 Å². The van der Waals surface area contributed by atoms with Crippen molar-refractivity contribution in [3.63, 3.8) is 0 Å². The number of esters is 1. The van der Waals surface area contributed by atoms with Gasteiger partial charge in [0.15, 0.2) is 0 Å². The summed E-state index contributed by atoms with van der Waals surface area (Å²) >= 11 is 1.55. The van der Waals surface area contributed by atoms with E-state index in [1.54, 1.807) is 11.3 Å². The molecule has 1 heterocycles. The lowest BCUT2D eigenvalue weighted by molar-refractivity contribution is -0.119. The van der Waals surface area contributed by atoms with Gasteiger partial charge in [-0.1, -0.05) is 12.8 Å². The zero-order valence-electron chi connectivity index (χ0n) is 11.7. The van der Waals surface area contributed by atoms with Crippen molar-refractivity contribution in [3.05, 3.63) is 16.0 Å². The maximum absolute atomic E-state index is 12.2. The van der Waals surface area contributed by atoms with E-state index >= 15 is 0 Å². The quantitative estimate of drug-likeness (QED) is 0.871. The summed E-state index contributed by atoms with van der Waals surface area (Å²) in [4.78, 5) is 25.5. The normalized spacial score (nSPS) is 18.1. The van der Waals surface area contributed by atoms with E-state index in [4.69, 9.17) is 4.74 Å². The molecule has 3 rings (SSSR count). The highest BCUT2D eigenvalue weighted by Gasteiger charge is 2.30. The number of methoxy groups -OCH3 is 1. The summed E-state index contributed by atoms with van der Waals surface area (Å²) in [6.07, 6.45) is 7.18. The summed E-state index contributed by atoms with van der Waals surface area (Å²) in [5.74, 6) is -0.156. The van der Waals surface area contributed by atoms with Gasteiger partial charge in [-0.05, 0) is 37.7 Å². The fourth-order valence-corrected chi connectivity index (χ4v) is 4.49. The van der Waals surface area contributed by atoms with Gasteiger partial charge in [-0.15, -0.1) is 11.3 Å². The Balaban J connectivity index is 1.85. The number of thiophene rings is 1. The number of rotatable bonds is 3. The fourth-order valence-electron chi connectivity index (χ4n) is 3.21. The molecule has 108 valence electrons. The van der Waals surface area contributed by atoms with Crippen molar-refractivity contribution >= 4 is 28.2 Å². The highest BCUT2D eigenvalue weighted by molar-refractivity contribution is 7.17. The number of carbonyl (C=O) groups excluding carboxylic acids is 2. The Morgan fingerprint density at radius 2 is 1.95 bits per heavy atom. The third-order valence-corrected chi connectivity index (χ3v) is 5.48. The first-order chi connectivity index (χ1) is 9.70. The number of nitrogens with one attached hydrogen (secondary N) is 1. The van der Waals surface area contributed by atoms with E-state index in [-0.39, 0.29) is 17.8 Å². The lowest BCUT2D eigenvalue weighted by Crippen LogP contribution is -2.21. The molecule has 0 aliphatic heterocycles. The number of anilines is 1. The molecular formula is C15H19NO3S. The van der Waals surface area contributed by atoms with Gasteiger partial charge >= 0.3 is 5.97 Å². The van der Waals surface area contributed by atoms with E-state index in [0.717, 1.165) is 50.5 Å². The van der Waals surface area contributed by atoms with Crippen molar-refractivity contribution in [2.24, 2.45) is 5.92 Å². The molecular weight excluding hydrogens is 274 g/mol. The first-order valence-electron chi connectivity index (χ1n) is 7.24. The van der Waals surface area contributed by atoms with Crippen LogP contribution in [0.5, 0.6) is 0 Å². The van der Waals surface area contributed by atoms with Crippen LogP contribution >= 0.6 is 11.3 Å². The molecule has 0 radical (unpaired) electrons. The van der Waals surface area contributed by atoms with E-state index in [2.05, 4.69) is 5.32 Å². The van der Waals surface area contributed by atoms with Gasteiger partial charge in [0.25, 0.3) is 0 Å². The molecule has 2 aliphatic carbocycles. The van der Waals surface area contributed by atoms with E-state index in [1.165, 1.54) is 12.0 Å². The number of ether oxygens (including phenoxy) is 1. The number of carbonyl (C=O) groups is 2. The average Bonchev–Trinajstić information content (AvgIpc) is 3.13. The Labute approximate surface area is 122 Å². The number of amides is 1. The summed E-state index contributed by atoms with van der Waals surface area (Å²) in [6.45, 7) is 0. The van der Waals surface area contributed by atoms with Gasteiger partial charge in [-0.25, -0.2) is 4.79 Å². The van der Waals surface area contributed by atoms with Crippen molar-refractivity contribution in [2.75, 3.05) is 12.4 Å². The minimum absolute atomic E-state index is 0.0626. The van der Waals surface area contributed by atoms with Gasteiger partial charge in [0, 0.05) is 10.8 Å². The Hall–Kier alpha value is -1.36. The lowest BCUT2D eigenvalue weighted by atomic mass is 10.1. The van der Waals surface area contributed by atoms with E-state index in [0.29, 0.717) is 10.6 Å². The molecule has 20 heavy (non-hydrogen) atoms. The summed E-state index contributed by atoms with van der Waals surface area (Å²) in [7, 11) is 1.39. The Kier molecular flexibility index (Phi) is 3.78. The largest absolute Gasteiger partial charge is 0.465 e. The Morgan fingerprint density at radius 1 is 1.20 bits per heavy atom. The molecule has 1 amide bonds. The molecule has 0 aromatic carbocycles. The first-order valence-corrected chi connectivity index (χ1v) is 8.06. The molecule has 0 atom stereocenters. The van der Waals surface area contributed by atoms with Crippen LogP contribution in [0.4, 0.5) is 5.00 Å². The molecule has 1 fully saturated rings. The Bertz CT molecular complexity index is 544. The van der Waals surface area contributed by atoms with Gasteiger partial charge in [0.2, 0.25) is 5.91 Å². The number of aryl methyl sites for hydroxylation is 1. The van der Waals surface area contributed by atoms with E-state index in [9.17, 15) is 9.59 Å². The number of fused-ring (bicyclic) bond motifs is 1. The fraction of sp³-hybridized carbons (Fsp3) is 0.600. The van der Waals surface area contributed by atoms with Gasteiger partial charge in [-0.3, -0.25) is 4.79 Å². The maximum atomic E-state index is 12.2. The van der Waals surface area contributed by atoms with Crippen LogP contribution in [0.1, 0.15) is 52.9 Å². The molecule has 0 bridgehead atoms. The Morgan fingerprint density at radius 3 is 2.65 bits per heavy atom. The van der Waals surface area contributed by atoms with E-state index < -0.39 is 0 Å². The minimum Gasteiger partial charge on any atom is -0.465 e. The predicted molar refractivity (Wildman–Crippen MR) is 78.3 cm³/mol. The average molecular weight is 293 g/mol. The number of hydrogen-bond donors (Lipinski definition) is 1. The molecule has 0 saturated heterocycles. The van der Waals surface area contributed by atoms with Crippen LogP contribution in [0.25, 0.3) is 0 Å². The molecule has 0 unspecified atom stereocenters. The van der Waals surface area contributed by atoms with Gasteiger partial charge in [-0.2, -0.15) is 0 Å². The zero-order valence-corrected chi connectivity index (χ0v) is 12.5. The van der Waals surface area contributed by atoms with Gasteiger partial charge in [0.1, 0.15) is 5.00 Å². The molecule has 2 aliphatic rings. The molecule has 4 nitrogen and oxygen atoms in total. The first kappa shape index (κ1) is 13.6. The second-order valence-corrected chi connectivity index (χ2v) is 6.63. The topological polar surface area (TPSA) is 55.4 Å². The summed E-state index contributed by atoms with van der Waals surface area (Å²) in [5, 5.41) is 3.67. The van der Waals surface area contributed by atoms with Crippen LogP contribution < -0.4 is 5.32 Å². The lowest BCUT2D eigenvalue weighted by Gasteiger charge is -2.10. The van der Waals surface area contributed by atoms with Gasteiger partial charge in [0.05, 0.1) is 12.7 Å².